The zero-order chi connectivity index (χ0) is 5.56. The van der Waals surface area contributed by atoms with Crippen LogP contribution >= 0.6 is 23.4 Å². The summed E-state index contributed by atoms with van der Waals surface area (Å²) in [6.45, 7) is 0. The van der Waals surface area contributed by atoms with Crippen molar-refractivity contribution in [2.45, 2.75) is 10.5 Å². The second-order valence-corrected chi connectivity index (χ2v) is 3.77. The predicted octanol–water partition coefficient (Wildman–Crippen LogP) is 2.16. The molecule has 2 aliphatic rings. The van der Waals surface area contributed by atoms with Gasteiger partial charge in [-0.05, 0) is 6.08 Å². The lowest BCUT2D eigenvalue weighted by molar-refractivity contribution is 1.20. The SMILES string of the molecule is ClC1=CC2SC2C=C1. The molecule has 0 radical (unpaired) electrons. The van der Waals surface area contributed by atoms with Crippen molar-refractivity contribution in [2.24, 2.45) is 0 Å². The molecule has 1 heterocycles. The lowest BCUT2D eigenvalue weighted by atomic mass is 10.2. The highest BCUT2D eigenvalue weighted by Crippen LogP contribution is 2.46. The Morgan fingerprint density at radius 3 is 3.00 bits per heavy atom. The van der Waals surface area contributed by atoms with Gasteiger partial charge >= 0.3 is 0 Å². The average molecular weight is 145 g/mol. The van der Waals surface area contributed by atoms with Crippen LogP contribution in [0.4, 0.5) is 0 Å². The Morgan fingerprint density at radius 2 is 2.38 bits per heavy atom. The lowest BCUT2D eigenvalue weighted by Crippen LogP contribution is -1.89. The van der Waals surface area contributed by atoms with Crippen LogP contribution in [-0.2, 0) is 0 Å². The van der Waals surface area contributed by atoms with E-state index in [0.717, 1.165) is 10.3 Å². The Balaban J connectivity index is 2.28. The molecule has 1 fully saturated rings. The summed E-state index contributed by atoms with van der Waals surface area (Å²) in [5.41, 5.74) is 0. The van der Waals surface area contributed by atoms with Crippen LogP contribution in [0.25, 0.3) is 0 Å². The van der Waals surface area contributed by atoms with E-state index < -0.39 is 0 Å². The summed E-state index contributed by atoms with van der Waals surface area (Å²) in [5.74, 6) is 0. The maximum atomic E-state index is 5.70. The van der Waals surface area contributed by atoms with Gasteiger partial charge in [0.05, 0.1) is 0 Å². The molecule has 0 bridgehead atoms. The van der Waals surface area contributed by atoms with Crippen molar-refractivity contribution in [1.82, 2.24) is 0 Å². The van der Waals surface area contributed by atoms with E-state index in [1.165, 1.54) is 0 Å². The minimum absolute atomic E-state index is 0.715. The largest absolute Gasteiger partial charge is 0.144 e. The first-order chi connectivity index (χ1) is 3.86. The Hall–Kier alpha value is 0.120. The summed E-state index contributed by atoms with van der Waals surface area (Å²) in [6.07, 6.45) is 6.25. The van der Waals surface area contributed by atoms with Gasteiger partial charge in [0.25, 0.3) is 0 Å². The molecule has 1 aliphatic carbocycles. The lowest BCUT2D eigenvalue weighted by Gasteiger charge is -1.92. The van der Waals surface area contributed by atoms with Gasteiger partial charge in [-0.25, -0.2) is 0 Å². The van der Waals surface area contributed by atoms with E-state index in [-0.39, 0.29) is 0 Å². The maximum Gasteiger partial charge on any atom is 0.0405 e. The van der Waals surface area contributed by atoms with E-state index in [1.807, 2.05) is 17.8 Å². The van der Waals surface area contributed by atoms with Gasteiger partial charge in [-0.2, -0.15) is 0 Å². The molecule has 0 aromatic rings. The molecular weight excluding hydrogens is 140 g/mol. The monoisotopic (exact) mass is 144 g/mol. The molecule has 0 N–H and O–H groups in total. The Morgan fingerprint density at radius 1 is 1.50 bits per heavy atom. The summed E-state index contributed by atoms with van der Waals surface area (Å²) in [5, 5.41) is 2.38. The second-order valence-electron chi connectivity index (χ2n) is 1.98. The topological polar surface area (TPSA) is 0 Å². The van der Waals surface area contributed by atoms with Crippen molar-refractivity contribution in [3.8, 4) is 0 Å². The highest BCUT2D eigenvalue weighted by atomic mass is 35.5. The van der Waals surface area contributed by atoms with Gasteiger partial charge in [0.2, 0.25) is 0 Å². The van der Waals surface area contributed by atoms with E-state index in [0.29, 0.717) is 5.25 Å². The molecule has 0 nitrogen and oxygen atoms in total. The molecule has 0 spiro atoms. The van der Waals surface area contributed by atoms with Crippen molar-refractivity contribution < 1.29 is 0 Å². The Kier molecular flexibility index (Phi) is 0.958. The third kappa shape index (κ3) is 0.702. The van der Waals surface area contributed by atoms with Crippen LogP contribution in [0.15, 0.2) is 23.3 Å². The molecule has 8 heavy (non-hydrogen) atoms. The van der Waals surface area contributed by atoms with E-state index in [1.54, 1.807) is 0 Å². The Labute approximate surface area is 57.6 Å². The summed E-state index contributed by atoms with van der Waals surface area (Å²) < 4.78 is 0. The molecule has 0 amide bonds. The van der Waals surface area contributed by atoms with Crippen LogP contribution in [0.2, 0.25) is 0 Å². The molecule has 2 heteroatoms. The van der Waals surface area contributed by atoms with Gasteiger partial charge in [-0.15, -0.1) is 11.8 Å². The van der Waals surface area contributed by atoms with Gasteiger partial charge in [-0.3, -0.25) is 0 Å². The highest BCUT2D eigenvalue weighted by Gasteiger charge is 2.35. The maximum absolute atomic E-state index is 5.70. The fraction of sp³-hybridized carbons (Fsp3) is 0.333. The molecule has 1 aliphatic heterocycles. The third-order valence-corrected chi connectivity index (χ3v) is 2.78. The van der Waals surface area contributed by atoms with Crippen LogP contribution in [-0.4, -0.2) is 10.5 Å². The average Bonchev–Trinajstić information content (AvgIpc) is 2.43. The van der Waals surface area contributed by atoms with Crippen LogP contribution < -0.4 is 0 Å². The fourth-order valence-electron chi connectivity index (χ4n) is 0.824. The number of allylic oxidation sites excluding steroid dienone is 2. The zero-order valence-corrected chi connectivity index (χ0v) is 5.75. The zero-order valence-electron chi connectivity index (χ0n) is 4.17. The summed E-state index contributed by atoms with van der Waals surface area (Å²) in [4.78, 5) is 0. The van der Waals surface area contributed by atoms with Crippen LogP contribution in [0.1, 0.15) is 0 Å². The highest BCUT2D eigenvalue weighted by molar-refractivity contribution is 8.08. The molecule has 0 aromatic carbocycles. The number of thioether (sulfide) groups is 1. The van der Waals surface area contributed by atoms with E-state index >= 15 is 0 Å². The van der Waals surface area contributed by atoms with Crippen molar-refractivity contribution in [3.05, 3.63) is 23.3 Å². The fourth-order valence-corrected chi connectivity index (χ4v) is 1.94. The van der Waals surface area contributed by atoms with Crippen molar-refractivity contribution in [1.29, 1.82) is 0 Å². The van der Waals surface area contributed by atoms with E-state index in [2.05, 4.69) is 12.2 Å². The second kappa shape index (κ2) is 1.55. The molecule has 42 valence electrons. The minimum Gasteiger partial charge on any atom is -0.144 e. The minimum atomic E-state index is 0.715. The summed E-state index contributed by atoms with van der Waals surface area (Å²) in [6, 6.07) is 0. The molecule has 0 aromatic heterocycles. The number of hydrogen-bond donors (Lipinski definition) is 0. The summed E-state index contributed by atoms with van der Waals surface area (Å²) in [7, 11) is 0. The van der Waals surface area contributed by atoms with Gasteiger partial charge in [0, 0.05) is 15.5 Å². The van der Waals surface area contributed by atoms with Crippen LogP contribution in [0.5, 0.6) is 0 Å². The molecule has 2 rings (SSSR count). The molecule has 2 atom stereocenters. The first kappa shape index (κ1) is 4.95. The molecule has 0 saturated carbocycles. The molecule has 1 saturated heterocycles. The number of hydrogen-bond acceptors (Lipinski definition) is 1. The van der Waals surface area contributed by atoms with Crippen molar-refractivity contribution >= 4 is 23.4 Å². The smallest absolute Gasteiger partial charge is 0.0405 e. The standard InChI is InChI=1S/C6H5ClS/c7-4-1-2-5-6(3-4)8-5/h1-3,5-6H. The third-order valence-electron chi connectivity index (χ3n) is 1.33. The van der Waals surface area contributed by atoms with Crippen LogP contribution in [0.3, 0.4) is 0 Å². The molecule has 2 unspecified atom stereocenters. The Bertz CT molecular complexity index is 171. The predicted molar refractivity (Wildman–Crippen MR) is 38.2 cm³/mol. The normalized spacial score (nSPS) is 40.9. The first-order valence-corrected chi connectivity index (χ1v) is 3.89. The van der Waals surface area contributed by atoms with Gasteiger partial charge in [0.1, 0.15) is 0 Å². The van der Waals surface area contributed by atoms with Gasteiger partial charge in [-0.1, -0.05) is 23.8 Å². The summed E-state index contributed by atoms with van der Waals surface area (Å²) >= 11 is 7.65. The number of fused-ring (bicyclic) bond motifs is 1. The number of rotatable bonds is 0. The molecular formula is C6H5ClS. The van der Waals surface area contributed by atoms with Gasteiger partial charge in [0.15, 0.2) is 0 Å². The van der Waals surface area contributed by atoms with Crippen molar-refractivity contribution in [2.75, 3.05) is 0 Å². The van der Waals surface area contributed by atoms with E-state index in [9.17, 15) is 0 Å². The van der Waals surface area contributed by atoms with Crippen LogP contribution in [0, 0.1) is 0 Å². The quantitative estimate of drug-likeness (QED) is 0.470. The van der Waals surface area contributed by atoms with Gasteiger partial charge < -0.3 is 0 Å². The van der Waals surface area contributed by atoms with E-state index in [4.69, 9.17) is 11.6 Å². The van der Waals surface area contributed by atoms with Crippen molar-refractivity contribution in [3.63, 3.8) is 0 Å². The number of halogens is 1. The first-order valence-electron chi connectivity index (χ1n) is 2.57.